The van der Waals surface area contributed by atoms with Crippen molar-refractivity contribution >= 4 is 36.0 Å². The van der Waals surface area contributed by atoms with Crippen LogP contribution < -0.4 is 0 Å². The van der Waals surface area contributed by atoms with Gasteiger partial charge in [-0.1, -0.05) is 0 Å². The predicted octanol–water partition coefficient (Wildman–Crippen LogP) is 2.20. The number of halogens is 2. The molecule has 2 atom stereocenters. The molecule has 0 spiro atoms. The zero-order valence-electron chi connectivity index (χ0n) is 2.16. The van der Waals surface area contributed by atoms with Crippen molar-refractivity contribution in [2.45, 2.75) is 0 Å². The van der Waals surface area contributed by atoms with Gasteiger partial charge in [-0.25, -0.2) is 0 Å². The van der Waals surface area contributed by atoms with Crippen molar-refractivity contribution in [3.8, 4) is 0 Å². The van der Waals surface area contributed by atoms with E-state index < -0.39 is 7.63 Å². The molecule has 0 aromatic rings. The Morgan fingerprint density at radius 2 is 2.20 bits per heavy atom. The first-order valence-corrected chi connectivity index (χ1v) is 6.16. The van der Waals surface area contributed by atoms with Gasteiger partial charge < -0.3 is 0 Å². The summed E-state index contributed by atoms with van der Waals surface area (Å²) in [4.78, 5) is 0. The van der Waals surface area contributed by atoms with Crippen LogP contribution in [0, 0.1) is 5.16 Å². The summed E-state index contributed by atoms with van der Waals surface area (Å²) in [7, 11) is -1.45. The summed E-state index contributed by atoms with van der Waals surface area (Å²) in [5.74, 6) is 0. The van der Waals surface area contributed by atoms with E-state index in [1.165, 1.54) is 0 Å². The largest absolute Gasteiger partial charge is 0.284 e. The predicted molar refractivity (Wildman–Crippen MR) is 33.5 cm³/mol. The first-order chi connectivity index (χ1) is 2.27. The third kappa shape index (κ3) is 5.11. The van der Waals surface area contributed by atoms with Gasteiger partial charge in [-0.15, -0.1) is 0 Å². The molecule has 0 aromatic heterocycles. The van der Waals surface area contributed by atoms with Crippen LogP contribution in [0.2, 0.25) is 0 Å². The molecule has 0 aliphatic heterocycles. The molecule has 2 unspecified atom stereocenters. The van der Waals surface area contributed by atoms with Crippen molar-refractivity contribution in [2.75, 3.05) is 0 Å². The lowest BCUT2D eigenvalue weighted by molar-refractivity contribution is 0.948. The Morgan fingerprint density at radius 3 is 2.20 bits per heavy atom. The Morgan fingerprint density at radius 1 is 2.00 bits per heavy atom. The van der Waals surface area contributed by atoms with Crippen molar-refractivity contribution in [1.82, 2.24) is 0 Å². The van der Waals surface area contributed by atoms with Gasteiger partial charge in [0.05, 0.1) is 7.63 Å². The number of hydrogen-bond acceptors (Lipinski definition) is 1. The summed E-state index contributed by atoms with van der Waals surface area (Å²) in [6.07, 6.45) is 0. The Balaban J connectivity index is 3.60. The molecule has 32 valence electrons. The highest BCUT2D eigenvalue weighted by Crippen LogP contribution is 2.04. The van der Waals surface area contributed by atoms with Crippen molar-refractivity contribution in [3.05, 3.63) is 0 Å². The molecule has 0 fully saturated rings. The molecule has 0 rings (SSSR count). The van der Waals surface area contributed by atoms with E-state index in [9.17, 15) is 3.89 Å². The van der Waals surface area contributed by atoms with Gasteiger partial charge in [0.25, 0.3) is 0 Å². The highest BCUT2D eigenvalue weighted by atomic mass is 127. The van der Waals surface area contributed by atoms with Gasteiger partial charge in [0.2, 0.25) is 0 Å². The monoisotopic (exact) mass is 225 g/mol. The molecule has 0 aliphatic carbocycles. The molecular formula is H2FINPS. The van der Waals surface area contributed by atoms with E-state index in [1.807, 2.05) is 0 Å². The lowest BCUT2D eigenvalue weighted by Gasteiger charge is -1.61. The average molecular weight is 225 g/mol. The second-order valence-electron chi connectivity index (χ2n) is 0.315. The second kappa shape index (κ2) is 3.31. The van der Waals surface area contributed by atoms with Gasteiger partial charge in [0.15, 0.2) is 0 Å². The second-order valence-corrected chi connectivity index (χ2v) is 7.44. The normalized spacial score (nSPS) is 15.6. The minimum Gasteiger partial charge on any atom is -0.284 e. The molecule has 0 aliphatic rings. The van der Waals surface area contributed by atoms with Gasteiger partial charge in [-0.05, 0) is 0 Å². The fourth-order valence-corrected chi connectivity index (χ4v) is 0. The molecule has 0 aromatic carbocycles. The first kappa shape index (κ1) is 6.11. The van der Waals surface area contributed by atoms with E-state index in [2.05, 4.69) is 0 Å². The van der Waals surface area contributed by atoms with Gasteiger partial charge in [0, 0.05) is 28.4 Å². The number of rotatable bonds is 0. The molecule has 5 heavy (non-hydrogen) atoms. The Hall–Kier alpha value is 1.11. The van der Waals surface area contributed by atoms with Crippen LogP contribution >= 0.6 is 28.4 Å². The lowest BCUT2D eigenvalue weighted by atomic mass is 14.0. The maximum Gasteiger partial charge on any atom is 0.0851 e. The molecule has 0 heterocycles. The van der Waals surface area contributed by atoms with Crippen LogP contribution in [0.3, 0.4) is 0 Å². The summed E-state index contributed by atoms with van der Waals surface area (Å²) in [6, 6.07) is 0. The zero-order chi connectivity index (χ0) is 4.28. The number of hydrogen-bond donors (Lipinski definition) is 1. The molecule has 1 nitrogen and oxygen atoms in total. The smallest absolute Gasteiger partial charge is 0.0851 e. The van der Waals surface area contributed by atoms with Crippen LogP contribution in [-0.2, 0) is 7.63 Å². The van der Waals surface area contributed by atoms with Crippen molar-refractivity contribution in [3.63, 3.8) is 0 Å². The maximum atomic E-state index is 11.3. The van der Waals surface area contributed by atoms with Crippen molar-refractivity contribution < 1.29 is 3.89 Å². The summed E-state index contributed by atoms with van der Waals surface area (Å²) in [5, 5.41) is 6.32. The Bertz CT molecular complexity index is 71.7. The SMILES string of the molecule is N=[PH]=S(F)I. The minimum absolute atomic E-state index is 0.288. The van der Waals surface area contributed by atoms with Crippen LogP contribution in [-0.4, -0.2) is 0 Å². The van der Waals surface area contributed by atoms with Gasteiger partial charge in [-0.3, -0.25) is 5.16 Å². The van der Waals surface area contributed by atoms with Crippen LogP contribution in [0.1, 0.15) is 0 Å². The summed E-state index contributed by atoms with van der Waals surface area (Å²) in [6.45, 7) is 0. The topological polar surface area (TPSA) is 23.9 Å². The minimum atomic E-state index is -1.16. The molecule has 0 amide bonds. The third-order valence-corrected chi connectivity index (χ3v) is 2.68. The highest BCUT2D eigenvalue weighted by Gasteiger charge is 1.64. The average Bonchev–Trinajstić information content (AvgIpc) is 1.38. The van der Waals surface area contributed by atoms with Crippen LogP contribution in [0.15, 0.2) is 0 Å². The van der Waals surface area contributed by atoms with Crippen LogP contribution in [0.5, 0.6) is 0 Å². The number of nitrogens with one attached hydrogen (secondary N) is 1. The standard InChI is InChI=1S/FH2INPS/c1-5(2)4-3/h3-4H. The molecule has 1 N–H and O–H groups in total. The first-order valence-electron chi connectivity index (χ1n) is 0.763. The Labute approximate surface area is 45.1 Å². The third-order valence-electron chi connectivity index (χ3n) is 0.0772. The van der Waals surface area contributed by atoms with Crippen LogP contribution in [0.25, 0.3) is 0 Å². The molecular weight excluding hydrogens is 223 g/mol. The van der Waals surface area contributed by atoms with Crippen LogP contribution in [0.4, 0.5) is 3.89 Å². The Kier molecular flexibility index (Phi) is 4.04. The summed E-state index contributed by atoms with van der Waals surface area (Å²) in [5.41, 5.74) is 0. The summed E-state index contributed by atoms with van der Waals surface area (Å²) < 4.78 is 11.3. The molecule has 0 bridgehead atoms. The van der Waals surface area contributed by atoms with Crippen molar-refractivity contribution in [2.24, 2.45) is 0 Å². The fraction of sp³-hybridized carbons (Fsp3) is 0. The van der Waals surface area contributed by atoms with E-state index in [1.54, 1.807) is 21.2 Å². The quantitative estimate of drug-likeness (QED) is 0.482. The fourth-order valence-electron chi connectivity index (χ4n) is 0. The molecule has 5 heteroatoms. The van der Waals surface area contributed by atoms with E-state index in [0.717, 1.165) is 0 Å². The molecule has 0 saturated heterocycles. The van der Waals surface area contributed by atoms with E-state index in [0.29, 0.717) is 0 Å². The maximum absolute atomic E-state index is 11.3. The van der Waals surface area contributed by atoms with E-state index in [-0.39, 0.29) is 7.15 Å². The van der Waals surface area contributed by atoms with E-state index in [4.69, 9.17) is 5.16 Å². The van der Waals surface area contributed by atoms with Gasteiger partial charge in [-0.2, -0.15) is 3.89 Å². The highest BCUT2D eigenvalue weighted by molar-refractivity contribution is 14.2. The molecule has 0 saturated carbocycles. The zero-order valence-corrected chi connectivity index (χ0v) is 6.14. The van der Waals surface area contributed by atoms with Gasteiger partial charge in [0.1, 0.15) is 0 Å². The lowest BCUT2D eigenvalue weighted by Crippen LogP contribution is -1.31. The summed E-state index contributed by atoms with van der Waals surface area (Å²) >= 11 is 1.59. The van der Waals surface area contributed by atoms with Gasteiger partial charge >= 0.3 is 0 Å². The molecule has 0 radical (unpaired) electrons. The van der Waals surface area contributed by atoms with E-state index >= 15 is 0 Å². The van der Waals surface area contributed by atoms with Crippen molar-refractivity contribution in [1.29, 1.82) is 5.16 Å².